The van der Waals surface area contributed by atoms with E-state index < -0.39 is 0 Å². The van der Waals surface area contributed by atoms with Crippen molar-refractivity contribution in [2.24, 2.45) is 10.7 Å². The molecule has 0 aliphatic rings. The van der Waals surface area contributed by atoms with Gasteiger partial charge in [0.2, 0.25) is 0 Å². The molecule has 0 atom stereocenters. The molecule has 6 N–H and O–H groups in total. The van der Waals surface area contributed by atoms with E-state index >= 15 is 0 Å². The Morgan fingerprint density at radius 3 is 2.21 bits per heavy atom. The molecular weight excluding hydrogens is 356 g/mol. The maximum absolute atomic E-state index is 6.02. The molecule has 0 heterocycles. The first kappa shape index (κ1) is 25.6. The number of para-hydroxylation sites is 2. The van der Waals surface area contributed by atoms with Gasteiger partial charge in [0.15, 0.2) is 0 Å². The van der Waals surface area contributed by atoms with Crippen molar-refractivity contribution in [1.29, 1.82) is 0 Å². The van der Waals surface area contributed by atoms with E-state index in [-0.39, 0.29) is 6.15 Å². The minimum atomic E-state index is 0. The van der Waals surface area contributed by atoms with Crippen LogP contribution in [0.1, 0.15) is 19.8 Å². The first-order valence-corrected chi connectivity index (χ1v) is 9.43. The lowest BCUT2D eigenvalue weighted by molar-refractivity contribution is 1.11. The van der Waals surface area contributed by atoms with Crippen LogP contribution in [0.3, 0.4) is 0 Å². The minimum absolute atomic E-state index is 0. The van der Waals surface area contributed by atoms with Gasteiger partial charge < -0.3 is 17.2 Å². The number of nitrogens with two attached hydrogens (primary N) is 1. The van der Waals surface area contributed by atoms with Gasteiger partial charge in [0.1, 0.15) is 0 Å². The fourth-order valence-corrected chi connectivity index (χ4v) is 2.34. The third-order valence-electron chi connectivity index (χ3n) is 3.67. The average Bonchev–Trinajstić information content (AvgIpc) is 2.74. The number of nitrogens with zero attached hydrogens (tertiary/aromatic N) is 1. The molecule has 0 fully saturated rings. The highest BCUT2D eigenvalue weighted by atomic mass is 14.9. The van der Waals surface area contributed by atoms with Crippen molar-refractivity contribution in [3.05, 3.63) is 109 Å². The molecule has 154 valence electrons. The number of aliphatic imine (C=N–C) groups is 1. The smallest absolute Gasteiger partial charge is 0.0622 e. The second kappa shape index (κ2) is 16.8. The fraction of sp³-hybridized carbons (Fsp3) is 0.160. The van der Waals surface area contributed by atoms with Crippen molar-refractivity contribution in [1.82, 2.24) is 6.15 Å². The standard InChI is InChI=1S/C18H24N2.C7H7N.H3N/c1-3-5-7-11-17(19)14-16(10-4-2)15-20-18-12-8-6-9-13-18;1-8-7-5-3-2-4-6-7;/h3,5-10,12-14,20H,1,4,11,15,19H2,2H3;2-6H,1H2;1H3/b7-5-,16-10+,17-14-;;. The Kier molecular flexibility index (Phi) is 14.8. The van der Waals surface area contributed by atoms with Crippen LogP contribution in [-0.2, 0) is 0 Å². The van der Waals surface area contributed by atoms with Gasteiger partial charge in [0.05, 0.1) is 5.69 Å². The summed E-state index contributed by atoms with van der Waals surface area (Å²) in [7, 11) is 0. The van der Waals surface area contributed by atoms with Crippen LogP contribution < -0.4 is 17.2 Å². The third kappa shape index (κ3) is 12.6. The summed E-state index contributed by atoms with van der Waals surface area (Å²) in [6.07, 6.45) is 11.7. The fourth-order valence-electron chi connectivity index (χ4n) is 2.34. The number of anilines is 1. The summed E-state index contributed by atoms with van der Waals surface area (Å²) >= 11 is 0. The Hall–Kier alpha value is -3.37. The van der Waals surface area contributed by atoms with E-state index in [9.17, 15) is 0 Å². The second-order valence-corrected chi connectivity index (χ2v) is 5.99. The molecule has 0 unspecified atom stereocenters. The summed E-state index contributed by atoms with van der Waals surface area (Å²) in [5.41, 5.74) is 10.1. The molecule has 0 saturated heterocycles. The van der Waals surface area contributed by atoms with E-state index in [2.05, 4.69) is 48.7 Å². The van der Waals surface area contributed by atoms with Gasteiger partial charge in [-0.05, 0) is 49.1 Å². The summed E-state index contributed by atoms with van der Waals surface area (Å²) in [6, 6.07) is 19.8. The number of nitrogens with one attached hydrogen (secondary N) is 1. The lowest BCUT2D eigenvalue weighted by Gasteiger charge is -2.08. The average molecular weight is 391 g/mol. The minimum Gasteiger partial charge on any atom is -0.402 e. The molecule has 0 aliphatic carbocycles. The molecular formula is C25H34N4. The lowest BCUT2D eigenvalue weighted by atomic mass is 10.1. The molecule has 2 aromatic carbocycles. The number of hydrogen-bond donors (Lipinski definition) is 3. The van der Waals surface area contributed by atoms with Crippen LogP contribution in [0, 0.1) is 0 Å². The Labute approximate surface area is 175 Å². The van der Waals surface area contributed by atoms with Crippen molar-refractivity contribution in [3.8, 4) is 0 Å². The summed E-state index contributed by atoms with van der Waals surface area (Å²) in [6.45, 7) is 9.93. The highest BCUT2D eigenvalue weighted by Crippen LogP contribution is 2.09. The Balaban J connectivity index is 0.000000729. The number of allylic oxidation sites excluding steroid dienone is 4. The number of benzene rings is 2. The van der Waals surface area contributed by atoms with Crippen molar-refractivity contribution in [2.75, 3.05) is 11.9 Å². The van der Waals surface area contributed by atoms with Gasteiger partial charge in [-0.25, -0.2) is 0 Å². The molecule has 0 aromatic heterocycles. The maximum atomic E-state index is 6.02. The van der Waals surface area contributed by atoms with Crippen molar-refractivity contribution in [3.63, 3.8) is 0 Å². The number of hydrogen-bond acceptors (Lipinski definition) is 4. The zero-order valence-electron chi connectivity index (χ0n) is 17.4. The first-order chi connectivity index (χ1) is 13.7. The van der Waals surface area contributed by atoms with Crippen LogP contribution in [0.15, 0.2) is 114 Å². The molecule has 0 bridgehead atoms. The predicted octanol–water partition coefficient (Wildman–Crippen LogP) is 6.59. The molecule has 0 saturated carbocycles. The van der Waals surface area contributed by atoms with Crippen LogP contribution in [0.5, 0.6) is 0 Å². The lowest BCUT2D eigenvalue weighted by Crippen LogP contribution is -2.05. The predicted molar refractivity (Wildman–Crippen MR) is 130 cm³/mol. The summed E-state index contributed by atoms with van der Waals surface area (Å²) in [5, 5.41) is 3.40. The van der Waals surface area contributed by atoms with Crippen LogP contribution in [0.25, 0.3) is 0 Å². The SMILES string of the molecule is C=C/C=C\C/C(N)=C/C(=C\CC)CNc1ccccc1.C=Nc1ccccc1.N. The van der Waals surface area contributed by atoms with E-state index in [4.69, 9.17) is 5.73 Å². The number of rotatable bonds is 9. The Bertz CT molecular complexity index is 775. The summed E-state index contributed by atoms with van der Waals surface area (Å²) in [4.78, 5) is 3.72. The van der Waals surface area contributed by atoms with Gasteiger partial charge >= 0.3 is 0 Å². The van der Waals surface area contributed by atoms with Gasteiger partial charge in [-0.15, -0.1) is 0 Å². The van der Waals surface area contributed by atoms with Gasteiger partial charge in [-0.3, -0.25) is 4.99 Å². The van der Waals surface area contributed by atoms with Gasteiger partial charge in [-0.1, -0.05) is 74.2 Å². The Morgan fingerprint density at radius 1 is 1.07 bits per heavy atom. The quantitative estimate of drug-likeness (QED) is 0.333. The van der Waals surface area contributed by atoms with Gasteiger partial charge in [-0.2, -0.15) is 0 Å². The van der Waals surface area contributed by atoms with E-state index in [1.807, 2.05) is 66.8 Å². The molecule has 0 aliphatic heterocycles. The van der Waals surface area contributed by atoms with Gasteiger partial charge in [0.25, 0.3) is 0 Å². The van der Waals surface area contributed by atoms with E-state index in [0.717, 1.165) is 36.5 Å². The van der Waals surface area contributed by atoms with E-state index in [1.165, 1.54) is 5.57 Å². The van der Waals surface area contributed by atoms with Crippen LogP contribution in [0.4, 0.5) is 11.4 Å². The van der Waals surface area contributed by atoms with Crippen molar-refractivity contribution < 1.29 is 0 Å². The highest BCUT2D eigenvalue weighted by Gasteiger charge is 1.96. The van der Waals surface area contributed by atoms with Crippen LogP contribution in [0.2, 0.25) is 0 Å². The highest BCUT2D eigenvalue weighted by molar-refractivity contribution is 5.45. The van der Waals surface area contributed by atoms with Gasteiger partial charge in [0, 0.05) is 24.4 Å². The van der Waals surface area contributed by atoms with Crippen LogP contribution in [-0.4, -0.2) is 13.3 Å². The van der Waals surface area contributed by atoms with E-state index in [0.29, 0.717) is 0 Å². The van der Waals surface area contributed by atoms with Crippen LogP contribution >= 0.6 is 0 Å². The third-order valence-corrected chi connectivity index (χ3v) is 3.67. The summed E-state index contributed by atoms with van der Waals surface area (Å²) in [5.74, 6) is 0. The van der Waals surface area contributed by atoms with Crippen molar-refractivity contribution >= 4 is 18.1 Å². The largest absolute Gasteiger partial charge is 0.402 e. The maximum Gasteiger partial charge on any atom is 0.0622 e. The molecule has 0 amide bonds. The molecule has 29 heavy (non-hydrogen) atoms. The second-order valence-electron chi connectivity index (χ2n) is 5.99. The normalized spacial score (nSPS) is 11.1. The molecule has 2 aromatic rings. The summed E-state index contributed by atoms with van der Waals surface area (Å²) < 4.78 is 0. The monoisotopic (exact) mass is 390 g/mol. The Morgan fingerprint density at radius 2 is 1.69 bits per heavy atom. The molecule has 2 rings (SSSR count). The zero-order valence-corrected chi connectivity index (χ0v) is 17.4. The zero-order chi connectivity index (χ0) is 20.5. The van der Waals surface area contributed by atoms with Crippen molar-refractivity contribution in [2.45, 2.75) is 19.8 Å². The molecule has 4 heteroatoms. The molecule has 0 radical (unpaired) electrons. The van der Waals surface area contributed by atoms with E-state index in [1.54, 1.807) is 6.08 Å². The topological polar surface area (TPSA) is 85.4 Å². The molecule has 4 nitrogen and oxygen atoms in total. The first-order valence-electron chi connectivity index (χ1n) is 9.43. The molecule has 0 spiro atoms.